The van der Waals surface area contributed by atoms with Gasteiger partial charge in [-0.25, -0.2) is 5.01 Å². The molecule has 1 atom stereocenters. The van der Waals surface area contributed by atoms with Gasteiger partial charge in [-0.3, -0.25) is 15.0 Å². The number of hydrazine groups is 1. The summed E-state index contributed by atoms with van der Waals surface area (Å²) in [7, 11) is 1.60. The van der Waals surface area contributed by atoms with Crippen LogP contribution in [-0.2, 0) is 11.0 Å². The van der Waals surface area contributed by atoms with Crippen LogP contribution in [-0.4, -0.2) is 36.5 Å². The highest BCUT2D eigenvalue weighted by Gasteiger charge is 2.45. The third-order valence-corrected chi connectivity index (χ3v) is 5.81. The van der Waals surface area contributed by atoms with Crippen molar-refractivity contribution in [3.8, 4) is 11.1 Å². The second-order valence-corrected chi connectivity index (χ2v) is 8.18. The minimum atomic E-state index is -4.39. The number of nitrogens with zero attached hydrogens (tertiary/aromatic N) is 1. The number of halogens is 3. The Morgan fingerprint density at radius 2 is 1.60 bits per heavy atom. The molecule has 1 unspecified atom stereocenters. The number of benzene rings is 3. The standard InChI is InChI=1S/C26H25F3N4O2/c1-30-24(34)22-6-3-2-5-21(22)17-8-12-19(13-9-17)31-16-4-7-23-25(35)33(23)32-20-14-10-18(11-15-20)26(27,28)29/h2-3,5-6,8-15,23,31-32H,4,7,16H2,1H3,(H,30,34). The minimum absolute atomic E-state index is 0.0796. The second-order valence-electron chi connectivity index (χ2n) is 8.18. The van der Waals surface area contributed by atoms with Crippen LogP contribution in [0, 0.1) is 0 Å². The SMILES string of the molecule is CNC(=O)c1ccccc1-c1ccc(NCCCC2C(=O)N2Nc2ccc(C(F)(F)F)cc2)cc1. The first-order valence-corrected chi connectivity index (χ1v) is 11.2. The number of alkyl halides is 3. The van der Waals surface area contributed by atoms with Crippen LogP contribution >= 0.6 is 0 Å². The zero-order chi connectivity index (χ0) is 25.0. The summed E-state index contributed by atoms with van der Waals surface area (Å²) >= 11 is 0. The first-order valence-electron chi connectivity index (χ1n) is 11.2. The molecule has 3 aromatic rings. The van der Waals surface area contributed by atoms with E-state index in [1.165, 1.54) is 17.1 Å². The topological polar surface area (TPSA) is 73.2 Å². The van der Waals surface area contributed by atoms with Gasteiger partial charge in [0.15, 0.2) is 0 Å². The quantitative estimate of drug-likeness (QED) is 0.291. The summed E-state index contributed by atoms with van der Waals surface area (Å²) in [4.78, 5) is 24.1. The van der Waals surface area contributed by atoms with Crippen LogP contribution in [0.1, 0.15) is 28.8 Å². The number of carbonyl (C=O) groups excluding carboxylic acids is 2. The van der Waals surface area contributed by atoms with Crippen LogP contribution in [0.25, 0.3) is 11.1 Å². The molecule has 0 bridgehead atoms. The summed E-state index contributed by atoms with van der Waals surface area (Å²) in [6, 6.07) is 19.5. The largest absolute Gasteiger partial charge is 0.416 e. The van der Waals surface area contributed by atoms with Gasteiger partial charge in [-0.1, -0.05) is 30.3 Å². The van der Waals surface area contributed by atoms with Gasteiger partial charge in [0.2, 0.25) is 0 Å². The average molecular weight is 483 g/mol. The molecule has 1 aliphatic rings. The van der Waals surface area contributed by atoms with Crippen molar-refractivity contribution >= 4 is 23.2 Å². The molecular weight excluding hydrogens is 457 g/mol. The van der Waals surface area contributed by atoms with Crippen molar-refractivity contribution in [2.75, 3.05) is 24.3 Å². The van der Waals surface area contributed by atoms with Gasteiger partial charge < -0.3 is 10.6 Å². The van der Waals surface area contributed by atoms with E-state index in [1.807, 2.05) is 42.5 Å². The van der Waals surface area contributed by atoms with Gasteiger partial charge in [-0.15, -0.1) is 0 Å². The van der Waals surface area contributed by atoms with Crippen molar-refractivity contribution in [1.82, 2.24) is 10.3 Å². The van der Waals surface area contributed by atoms with Gasteiger partial charge in [-0.2, -0.15) is 13.2 Å². The van der Waals surface area contributed by atoms with Crippen molar-refractivity contribution in [1.29, 1.82) is 0 Å². The summed E-state index contributed by atoms with van der Waals surface area (Å²) in [6.45, 7) is 0.659. The van der Waals surface area contributed by atoms with E-state index < -0.39 is 11.7 Å². The number of amides is 2. The Kier molecular flexibility index (Phi) is 6.95. The lowest BCUT2D eigenvalue weighted by Crippen LogP contribution is -2.18. The van der Waals surface area contributed by atoms with E-state index in [0.717, 1.165) is 35.4 Å². The van der Waals surface area contributed by atoms with Crippen LogP contribution in [0.15, 0.2) is 72.8 Å². The van der Waals surface area contributed by atoms with Gasteiger partial charge in [0, 0.05) is 24.8 Å². The number of hydrogen-bond acceptors (Lipinski definition) is 4. The van der Waals surface area contributed by atoms with Gasteiger partial charge >= 0.3 is 6.18 Å². The zero-order valence-electron chi connectivity index (χ0n) is 19.0. The van der Waals surface area contributed by atoms with E-state index in [-0.39, 0.29) is 17.9 Å². The van der Waals surface area contributed by atoms with Crippen molar-refractivity contribution in [3.05, 3.63) is 83.9 Å². The van der Waals surface area contributed by atoms with E-state index in [0.29, 0.717) is 24.2 Å². The molecule has 3 aromatic carbocycles. The van der Waals surface area contributed by atoms with Gasteiger partial charge in [-0.05, 0) is 66.4 Å². The molecule has 0 aromatic heterocycles. The molecule has 3 N–H and O–H groups in total. The molecule has 1 fully saturated rings. The lowest BCUT2D eigenvalue weighted by atomic mass is 9.99. The molecule has 0 radical (unpaired) electrons. The maximum Gasteiger partial charge on any atom is 0.416 e. The molecule has 6 nitrogen and oxygen atoms in total. The molecule has 9 heteroatoms. The monoisotopic (exact) mass is 482 g/mol. The highest BCUT2D eigenvalue weighted by molar-refractivity contribution is 6.00. The van der Waals surface area contributed by atoms with E-state index in [1.54, 1.807) is 13.1 Å². The fourth-order valence-electron chi connectivity index (χ4n) is 3.84. The molecule has 0 saturated carbocycles. The van der Waals surface area contributed by atoms with Crippen LogP contribution in [0.5, 0.6) is 0 Å². The van der Waals surface area contributed by atoms with E-state index in [2.05, 4.69) is 16.1 Å². The third kappa shape index (κ3) is 5.74. The average Bonchev–Trinajstić information content (AvgIpc) is 3.47. The molecule has 2 amide bonds. The van der Waals surface area contributed by atoms with Gasteiger partial charge in [0.25, 0.3) is 11.8 Å². The van der Waals surface area contributed by atoms with Crippen LogP contribution in [0.3, 0.4) is 0 Å². The second kappa shape index (κ2) is 10.1. The molecule has 0 spiro atoms. The molecule has 0 aliphatic carbocycles. The van der Waals surface area contributed by atoms with Crippen LogP contribution < -0.4 is 16.1 Å². The Morgan fingerprint density at radius 1 is 0.943 bits per heavy atom. The number of rotatable bonds is 9. The summed E-state index contributed by atoms with van der Waals surface area (Å²) < 4.78 is 38.0. The third-order valence-electron chi connectivity index (χ3n) is 5.81. The molecule has 182 valence electrons. The van der Waals surface area contributed by atoms with Crippen molar-refractivity contribution in [3.63, 3.8) is 0 Å². The Labute approximate surface area is 201 Å². The number of anilines is 2. The number of carbonyl (C=O) groups is 2. The summed E-state index contributed by atoms with van der Waals surface area (Å²) in [5.41, 5.74) is 5.89. The predicted octanol–water partition coefficient (Wildman–Crippen LogP) is 5.16. The predicted molar refractivity (Wildman–Crippen MR) is 129 cm³/mol. The summed E-state index contributed by atoms with van der Waals surface area (Å²) in [5, 5.41) is 7.40. The molecular formula is C26H25F3N4O2. The van der Waals surface area contributed by atoms with Gasteiger partial charge in [0.05, 0.1) is 11.3 Å². The molecule has 1 heterocycles. The maximum atomic E-state index is 12.7. The molecule has 4 rings (SSSR count). The Balaban J connectivity index is 1.23. The Bertz CT molecular complexity index is 1190. The van der Waals surface area contributed by atoms with Crippen molar-refractivity contribution < 1.29 is 22.8 Å². The first kappa shape index (κ1) is 24.1. The lowest BCUT2D eigenvalue weighted by molar-refractivity contribution is -0.137. The lowest BCUT2D eigenvalue weighted by Gasteiger charge is -2.11. The van der Waals surface area contributed by atoms with Crippen LogP contribution in [0.2, 0.25) is 0 Å². The highest BCUT2D eigenvalue weighted by atomic mass is 19.4. The number of hydrogen-bond donors (Lipinski definition) is 3. The smallest absolute Gasteiger partial charge is 0.385 e. The summed E-state index contributed by atoms with van der Waals surface area (Å²) in [5.74, 6) is -0.219. The fourth-order valence-corrected chi connectivity index (χ4v) is 3.84. The van der Waals surface area contributed by atoms with E-state index in [4.69, 9.17) is 0 Å². The fraction of sp³-hybridized carbons (Fsp3) is 0.231. The normalized spacial score (nSPS) is 15.0. The van der Waals surface area contributed by atoms with Gasteiger partial charge in [0.1, 0.15) is 6.04 Å². The molecule has 1 saturated heterocycles. The van der Waals surface area contributed by atoms with E-state index >= 15 is 0 Å². The molecule has 35 heavy (non-hydrogen) atoms. The Morgan fingerprint density at radius 3 is 2.26 bits per heavy atom. The zero-order valence-corrected chi connectivity index (χ0v) is 19.0. The van der Waals surface area contributed by atoms with Crippen molar-refractivity contribution in [2.24, 2.45) is 0 Å². The number of nitrogens with one attached hydrogen (secondary N) is 3. The maximum absolute atomic E-state index is 12.7. The van der Waals surface area contributed by atoms with E-state index in [9.17, 15) is 22.8 Å². The first-order chi connectivity index (χ1) is 16.8. The minimum Gasteiger partial charge on any atom is -0.385 e. The highest BCUT2D eigenvalue weighted by Crippen LogP contribution is 2.31. The van der Waals surface area contributed by atoms with Crippen LogP contribution in [0.4, 0.5) is 24.5 Å². The Hall–Kier alpha value is -4.01. The van der Waals surface area contributed by atoms with Crippen molar-refractivity contribution in [2.45, 2.75) is 25.1 Å². The molecule has 1 aliphatic heterocycles. The summed E-state index contributed by atoms with van der Waals surface area (Å²) in [6.07, 6.45) is -3.03.